The quantitative estimate of drug-likeness (QED) is 0.445. The lowest BCUT2D eigenvalue weighted by Crippen LogP contribution is -2.24. The van der Waals surface area contributed by atoms with Crippen molar-refractivity contribution in [1.82, 2.24) is 10.4 Å². The molecule has 148 valence electrons. The van der Waals surface area contributed by atoms with Gasteiger partial charge in [-0.25, -0.2) is 5.43 Å². The largest absolute Gasteiger partial charge is 0.361 e. The number of aromatic nitrogens is 1. The number of hydrazone groups is 1. The van der Waals surface area contributed by atoms with Crippen LogP contribution in [0, 0.1) is 5.92 Å². The third kappa shape index (κ3) is 4.54. The maximum atomic E-state index is 12.3. The lowest BCUT2D eigenvalue weighted by Gasteiger charge is -2.20. The third-order valence-electron chi connectivity index (χ3n) is 5.38. The van der Waals surface area contributed by atoms with Gasteiger partial charge in [0.15, 0.2) is 0 Å². The molecular weight excluding hydrogens is 364 g/mol. The van der Waals surface area contributed by atoms with Crippen LogP contribution in [0.4, 0.5) is 5.69 Å². The van der Waals surface area contributed by atoms with E-state index in [1.807, 2.05) is 30.5 Å². The van der Waals surface area contributed by atoms with Crippen LogP contribution in [0.15, 0.2) is 59.8 Å². The number of H-pyrrole nitrogens is 1. The number of carbonyl (C=O) groups excluding carboxylic acids is 2. The fourth-order valence-corrected chi connectivity index (χ4v) is 3.74. The standard InChI is InChI=1S/C23H24N4O2/c28-22(16-6-2-1-3-7-16)26-19-12-10-17(11-13-19)23(29)27-25-15-18-14-24-21-9-5-4-8-20(18)21/h4-5,8-16,24H,1-3,6-7H2,(H,26,28)(H,27,29)/b25-15+. The zero-order valence-electron chi connectivity index (χ0n) is 16.2. The normalized spacial score (nSPS) is 14.9. The van der Waals surface area contributed by atoms with Gasteiger partial charge in [0.05, 0.1) is 6.21 Å². The highest BCUT2D eigenvalue weighted by molar-refractivity contribution is 6.00. The van der Waals surface area contributed by atoms with Crippen molar-refractivity contribution in [3.8, 4) is 0 Å². The molecule has 0 saturated heterocycles. The number of nitrogens with one attached hydrogen (secondary N) is 3. The van der Waals surface area contributed by atoms with E-state index in [0.717, 1.165) is 42.1 Å². The van der Waals surface area contributed by atoms with Crippen LogP contribution < -0.4 is 10.7 Å². The minimum atomic E-state index is -0.300. The second kappa shape index (κ2) is 8.73. The van der Waals surface area contributed by atoms with Gasteiger partial charge in [0, 0.05) is 39.8 Å². The fourth-order valence-electron chi connectivity index (χ4n) is 3.74. The molecule has 3 N–H and O–H groups in total. The van der Waals surface area contributed by atoms with Crippen molar-refractivity contribution in [3.63, 3.8) is 0 Å². The predicted molar refractivity (Wildman–Crippen MR) is 115 cm³/mol. The topological polar surface area (TPSA) is 86.3 Å². The van der Waals surface area contributed by atoms with Crippen molar-refractivity contribution in [2.45, 2.75) is 32.1 Å². The number of nitrogens with zero attached hydrogens (tertiary/aromatic N) is 1. The summed E-state index contributed by atoms with van der Waals surface area (Å²) >= 11 is 0. The van der Waals surface area contributed by atoms with Gasteiger partial charge >= 0.3 is 0 Å². The molecule has 1 saturated carbocycles. The Kier molecular flexibility index (Phi) is 5.70. The Labute approximate surface area is 169 Å². The van der Waals surface area contributed by atoms with Crippen LogP contribution in [0.25, 0.3) is 10.9 Å². The van der Waals surface area contributed by atoms with Gasteiger partial charge in [-0.3, -0.25) is 9.59 Å². The number of para-hydroxylation sites is 1. The first-order valence-electron chi connectivity index (χ1n) is 10.0. The Bertz CT molecular complexity index is 1030. The molecule has 1 fully saturated rings. The molecule has 0 atom stereocenters. The van der Waals surface area contributed by atoms with Crippen molar-refractivity contribution < 1.29 is 9.59 Å². The van der Waals surface area contributed by atoms with Crippen LogP contribution in [0.5, 0.6) is 0 Å². The number of hydrogen-bond acceptors (Lipinski definition) is 3. The molecular formula is C23H24N4O2. The Hall–Kier alpha value is -3.41. The van der Waals surface area contributed by atoms with E-state index in [0.29, 0.717) is 11.3 Å². The van der Waals surface area contributed by atoms with E-state index < -0.39 is 0 Å². The zero-order valence-corrected chi connectivity index (χ0v) is 16.2. The second-order valence-electron chi connectivity index (χ2n) is 7.39. The molecule has 29 heavy (non-hydrogen) atoms. The van der Waals surface area contributed by atoms with E-state index in [9.17, 15) is 9.59 Å². The summed E-state index contributed by atoms with van der Waals surface area (Å²) in [5.74, 6) is -0.123. The number of hydrogen-bond donors (Lipinski definition) is 3. The summed E-state index contributed by atoms with van der Waals surface area (Å²) in [6.45, 7) is 0. The number of anilines is 1. The number of carbonyl (C=O) groups is 2. The molecule has 4 rings (SSSR count). The Morgan fingerprint density at radius 3 is 2.55 bits per heavy atom. The van der Waals surface area contributed by atoms with Crippen molar-refractivity contribution in [2.75, 3.05) is 5.32 Å². The molecule has 0 unspecified atom stereocenters. The van der Waals surface area contributed by atoms with Gasteiger partial charge in [-0.1, -0.05) is 37.5 Å². The van der Waals surface area contributed by atoms with Crippen molar-refractivity contribution in [3.05, 3.63) is 65.9 Å². The van der Waals surface area contributed by atoms with E-state index in [-0.39, 0.29) is 17.7 Å². The summed E-state index contributed by atoms with van der Waals surface area (Å²) in [7, 11) is 0. The highest BCUT2D eigenvalue weighted by Gasteiger charge is 2.21. The molecule has 2 amide bonds. The molecule has 1 aliphatic carbocycles. The minimum absolute atomic E-state index is 0.0743. The monoisotopic (exact) mass is 388 g/mol. The van der Waals surface area contributed by atoms with Crippen LogP contribution in [-0.2, 0) is 4.79 Å². The molecule has 2 aromatic carbocycles. The van der Waals surface area contributed by atoms with Crippen LogP contribution in [-0.4, -0.2) is 23.0 Å². The van der Waals surface area contributed by atoms with E-state index in [1.54, 1.807) is 30.5 Å². The number of aromatic amines is 1. The minimum Gasteiger partial charge on any atom is -0.361 e. The molecule has 1 heterocycles. The maximum Gasteiger partial charge on any atom is 0.271 e. The summed E-state index contributed by atoms with van der Waals surface area (Å²) in [6.07, 6.45) is 8.85. The maximum absolute atomic E-state index is 12.3. The first-order valence-corrected chi connectivity index (χ1v) is 10.0. The van der Waals surface area contributed by atoms with Gasteiger partial charge < -0.3 is 10.3 Å². The van der Waals surface area contributed by atoms with Crippen LogP contribution in [0.3, 0.4) is 0 Å². The first kappa shape index (κ1) is 18.9. The predicted octanol–water partition coefficient (Wildman–Crippen LogP) is 4.45. The number of benzene rings is 2. The number of amides is 2. The smallest absolute Gasteiger partial charge is 0.271 e. The summed E-state index contributed by atoms with van der Waals surface area (Å²) in [5.41, 5.74) is 5.66. The molecule has 0 spiro atoms. The van der Waals surface area contributed by atoms with E-state index >= 15 is 0 Å². The molecule has 6 nitrogen and oxygen atoms in total. The second-order valence-corrected chi connectivity index (χ2v) is 7.39. The lowest BCUT2D eigenvalue weighted by molar-refractivity contribution is -0.120. The Morgan fingerprint density at radius 1 is 1.00 bits per heavy atom. The molecule has 6 heteroatoms. The van der Waals surface area contributed by atoms with Gasteiger partial charge in [0.2, 0.25) is 5.91 Å². The average Bonchev–Trinajstić information content (AvgIpc) is 3.18. The van der Waals surface area contributed by atoms with E-state index in [1.165, 1.54) is 6.42 Å². The van der Waals surface area contributed by atoms with Crippen molar-refractivity contribution >= 4 is 34.6 Å². The molecule has 0 aliphatic heterocycles. The van der Waals surface area contributed by atoms with Gasteiger partial charge in [-0.15, -0.1) is 0 Å². The van der Waals surface area contributed by atoms with Crippen LogP contribution in [0.1, 0.15) is 48.0 Å². The zero-order chi connectivity index (χ0) is 20.1. The summed E-state index contributed by atoms with van der Waals surface area (Å²) in [6, 6.07) is 14.8. The van der Waals surface area contributed by atoms with Gasteiger partial charge in [-0.05, 0) is 43.2 Å². The first-order chi connectivity index (χ1) is 14.2. The van der Waals surface area contributed by atoms with E-state index in [2.05, 4.69) is 20.8 Å². The SMILES string of the molecule is O=C(N/N=C/c1c[nH]c2ccccc12)c1ccc(NC(=O)C2CCCCC2)cc1. The summed E-state index contributed by atoms with van der Waals surface area (Å²) in [4.78, 5) is 27.8. The molecule has 0 bridgehead atoms. The van der Waals surface area contributed by atoms with Crippen molar-refractivity contribution in [1.29, 1.82) is 0 Å². The Balaban J connectivity index is 1.33. The van der Waals surface area contributed by atoms with Crippen LogP contribution >= 0.6 is 0 Å². The fraction of sp³-hybridized carbons (Fsp3) is 0.261. The molecule has 1 aromatic heterocycles. The molecule has 3 aromatic rings. The van der Waals surface area contributed by atoms with Gasteiger partial charge in [-0.2, -0.15) is 5.10 Å². The molecule has 0 radical (unpaired) electrons. The number of fused-ring (bicyclic) bond motifs is 1. The summed E-state index contributed by atoms with van der Waals surface area (Å²) < 4.78 is 0. The highest BCUT2D eigenvalue weighted by Crippen LogP contribution is 2.25. The average molecular weight is 388 g/mol. The summed E-state index contributed by atoms with van der Waals surface area (Å²) in [5, 5.41) is 8.06. The Morgan fingerprint density at radius 2 is 1.76 bits per heavy atom. The van der Waals surface area contributed by atoms with Crippen LogP contribution in [0.2, 0.25) is 0 Å². The lowest BCUT2D eigenvalue weighted by atomic mass is 9.88. The van der Waals surface area contributed by atoms with Crippen molar-refractivity contribution in [2.24, 2.45) is 11.0 Å². The van der Waals surface area contributed by atoms with Gasteiger partial charge in [0.25, 0.3) is 5.91 Å². The molecule has 1 aliphatic rings. The van der Waals surface area contributed by atoms with E-state index in [4.69, 9.17) is 0 Å². The third-order valence-corrected chi connectivity index (χ3v) is 5.38. The number of rotatable bonds is 5. The highest BCUT2D eigenvalue weighted by atomic mass is 16.2. The van der Waals surface area contributed by atoms with Gasteiger partial charge in [0.1, 0.15) is 0 Å².